The highest BCUT2D eigenvalue weighted by Crippen LogP contribution is 2.24. The van der Waals surface area contributed by atoms with Gasteiger partial charge in [0.1, 0.15) is 0 Å². The van der Waals surface area contributed by atoms with Gasteiger partial charge in [0.25, 0.3) is 5.56 Å². The number of nitrogens with zero attached hydrogens (tertiary/aromatic N) is 2. The molecule has 0 atom stereocenters. The summed E-state index contributed by atoms with van der Waals surface area (Å²) in [4.78, 5) is 16.4. The third-order valence-electron chi connectivity index (χ3n) is 3.65. The van der Waals surface area contributed by atoms with E-state index in [1.165, 1.54) is 11.1 Å². The molecule has 1 aromatic heterocycles. The van der Waals surface area contributed by atoms with Gasteiger partial charge in [-0.15, -0.1) is 0 Å². The first-order chi connectivity index (χ1) is 9.79. The van der Waals surface area contributed by atoms with Crippen molar-refractivity contribution in [2.75, 3.05) is 11.9 Å². The van der Waals surface area contributed by atoms with E-state index in [0.29, 0.717) is 12.4 Å². The normalized spacial score (nSPS) is 13.8. The molecule has 0 fully saturated rings. The average molecular weight is 270 g/mol. The summed E-state index contributed by atoms with van der Waals surface area (Å²) in [6.45, 7) is 4.44. The molecule has 0 bridgehead atoms. The first kappa shape index (κ1) is 12.9. The van der Waals surface area contributed by atoms with E-state index >= 15 is 0 Å². The van der Waals surface area contributed by atoms with E-state index in [9.17, 15) is 4.79 Å². The standard InChI is InChI=1S/C15H18N4O/c1-2-19-9-8-17-14(15(19)20)18-13-5-3-4-11-10-16-7-6-12(11)13/h3-5,8-9,16H,2,6-7,10H2,1H3,(H,17,18). The Morgan fingerprint density at radius 2 is 2.35 bits per heavy atom. The summed E-state index contributed by atoms with van der Waals surface area (Å²) in [5, 5.41) is 6.56. The van der Waals surface area contributed by atoms with Crippen molar-refractivity contribution in [3.05, 3.63) is 52.1 Å². The van der Waals surface area contributed by atoms with E-state index in [4.69, 9.17) is 0 Å². The Bertz CT molecular complexity index is 678. The van der Waals surface area contributed by atoms with Crippen molar-refractivity contribution >= 4 is 11.5 Å². The van der Waals surface area contributed by atoms with Crippen LogP contribution in [0.5, 0.6) is 0 Å². The molecule has 0 unspecified atom stereocenters. The van der Waals surface area contributed by atoms with Crippen molar-refractivity contribution in [2.24, 2.45) is 0 Å². The molecule has 20 heavy (non-hydrogen) atoms. The van der Waals surface area contributed by atoms with Gasteiger partial charge in [-0.3, -0.25) is 4.79 Å². The zero-order chi connectivity index (χ0) is 13.9. The van der Waals surface area contributed by atoms with E-state index < -0.39 is 0 Å². The summed E-state index contributed by atoms with van der Waals surface area (Å²) in [5.41, 5.74) is 3.47. The summed E-state index contributed by atoms with van der Waals surface area (Å²) < 4.78 is 1.65. The minimum Gasteiger partial charge on any atom is -0.335 e. The number of aromatic nitrogens is 2. The molecule has 5 nitrogen and oxygen atoms in total. The van der Waals surface area contributed by atoms with Crippen molar-refractivity contribution in [2.45, 2.75) is 26.4 Å². The minimum absolute atomic E-state index is 0.0819. The highest BCUT2D eigenvalue weighted by Gasteiger charge is 2.13. The van der Waals surface area contributed by atoms with Crippen LogP contribution in [0, 0.1) is 0 Å². The summed E-state index contributed by atoms with van der Waals surface area (Å²) >= 11 is 0. The van der Waals surface area contributed by atoms with Gasteiger partial charge in [-0.2, -0.15) is 0 Å². The molecular weight excluding hydrogens is 252 g/mol. The molecule has 0 radical (unpaired) electrons. The lowest BCUT2D eigenvalue weighted by atomic mass is 9.99. The van der Waals surface area contributed by atoms with Crippen LogP contribution in [0.4, 0.5) is 11.5 Å². The van der Waals surface area contributed by atoms with Crippen LogP contribution in [0.15, 0.2) is 35.4 Å². The van der Waals surface area contributed by atoms with Crippen LogP contribution in [-0.4, -0.2) is 16.1 Å². The number of nitrogens with one attached hydrogen (secondary N) is 2. The number of rotatable bonds is 3. The lowest BCUT2D eigenvalue weighted by Crippen LogP contribution is -2.25. The first-order valence-corrected chi connectivity index (χ1v) is 6.93. The number of benzene rings is 1. The predicted molar refractivity (Wildman–Crippen MR) is 79.3 cm³/mol. The molecule has 0 aliphatic carbocycles. The summed E-state index contributed by atoms with van der Waals surface area (Å²) in [6, 6.07) is 6.14. The molecule has 1 aromatic carbocycles. The Morgan fingerprint density at radius 3 is 3.20 bits per heavy atom. The van der Waals surface area contributed by atoms with E-state index in [2.05, 4.69) is 21.7 Å². The van der Waals surface area contributed by atoms with Crippen molar-refractivity contribution in [1.29, 1.82) is 0 Å². The van der Waals surface area contributed by atoms with Gasteiger partial charge in [-0.1, -0.05) is 12.1 Å². The van der Waals surface area contributed by atoms with Crippen LogP contribution in [0.1, 0.15) is 18.1 Å². The number of fused-ring (bicyclic) bond motifs is 1. The zero-order valence-electron chi connectivity index (χ0n) is 11.5. The Morgan fingerprint density at radius 1 is 1.45 bits per heavy atom. The molecule has 2 heterocycles. The fraction of sp³-hybridized carbons (Fsp3) is 0.333. The second-order valence-electron chi connectivity index (χ2n) is 4.86. The molecule has 3 rings (SSSR count). The Labute approximate surface area is 117 Å². The van der Waals surface area contributed by atoms with E-state index in [0.717, 1.165) is 25.2 Å². The Hall–Kier alpha value is -2.14. The van der Waals surface area contributed by atoms with Gasteiger partial charge in [0, 0.05) is 31.2 Å². The molecule has 1 aliphatic rings. The lowest BCUT2D eigenvalue weighted by molar-refractivity contribution is 0.645. The summed E-state index contributed by atoms with van der Waals surface area (Å²) in [6.07, 6.45) is 4.33. The molecule has 0 amide bonds. The summed E-state index contributed by atoms with van der Waals surface area (Å²) in [5.74, 6) is 0.390. The van der Waals surface area contributed by atoms with Crippen LogP contribution < -0.4 is 16.2 Å². The van der Waals surface area contributed by atoms with Crippen LogP contribution in [0.2, 0.25) is 0 Å². The highest BCUT2D eigenvalue weighted by molar-refractivity contribution is 5.62. The third kappa shape index (κ3) is 2.32. The van der Waals surface area contributed by atoms with Crippen molar-refractivity contribution in [3.63, 3.8) is 0 Å². The quantitative estimate of drug-likeness (QED) is 0.890. The van der Waals surface area contributed by atoms with Crippen LogP contribution in [0.3, 0.4) is 0 Å². The van der Waals surface area contributed by atoms with Gasteiger partial charge in [-0.25, -0.2) is 4.98 Å². The fourth-order valence-corrected chi connectivity index (χ4v) is 2.56. The van der Waals surface area contributed by atoms with Crippen LogP contribution >= 0.6 is 0 Å². The van der Waals surface area contributed by atoms with Gasteiger partial charge in [0.2, 0.25) is 0 Å². The molecule has 2 N–H and O–H groups in total. The van der Waals surface area contributed by atoms with Gasteiger partial charge in [0.15, 0.2) is 5.82 Å². The van der Waals surface area contributed by atoms with Crippen LogP contribution in [0.25, 0.3) is 0 Å². The van der Waals surface area contributed by atoms with Gasteiger partial charge in [0.05, 0.1) is 0 Å². The monoisotopic (exact) mass is 270 g/mol. The molecule has 2 aromatic rings. The van der Waals surface area contributed by atoms with Gasteiger partial charge < -0.3 is 15.2 Å². The van der Waals surface area contributed by atoms with Gasteiger partial charge >= 0.3 is 0 Å². The van der Waals surface area contributed by atoms with Crippen molar-refractivity contribution in [1.82, 2.24) is 14.9 Å². The van der Waals surface area contributed by atoms with Crippen molar-refractivity contribution < 1.29 is 0 Å². The molecular formula is C15H18N4O. The molecule has 5 heteroatoms. The predicted octanol–water partition coefficient (Wildman–Crippen LogP) is 1.65. The maximum atomic E-state index is 12.2. The number of aryl methyl sites for hydroxylation is 1. The van der Waals surface area contributed by atoms with E-state index in [-0.39, 0.29) is 5.56 Å². The lowest BCUT2D eigenvalue weighted by Gasteiger charge is -2.20. The Balaban J connectivity index is 1.98. The second kappa shape index (κ2) is 5.46. The molecule has 0 saturated heterocycles. The number of hydrogen-bond donors (Lipinski definition) is 2. The maximum Gasteiger partial charge on any atom is 0.293 e. The average Bonchev–Trinajstić information content (AvgIpc) is 2.50. The fourth-order valence-electron chi connectivity index (χ4n) is 2.56. The number of anilines is 2. The summed E-state index contributed by atoms with van der Waals surface area (Å²) in [7, 11) is 0. The third-order valence-corrected chi connectivity index (χ3v) is 3.65. The zero-order valence-corrected chi connectivity index (χ0v) is 11.5. The van der Waals surface area contributed by atoms with Crippen LogP contribution in [-0.2, 0) is 19.5 Å². The van der Waals surface area contributed by atoms with Gasteiger partial charge in [-0.05, 0) is 37.1 Å². The maximum absolute atomic E-state index is 12.2. The molecule has 0 spiro atoms. The highest BCUT2D eigenvalue weighted by atomic mass is 16.1. The van der Waals surface area contributed by atoms with E-state index in [1.54, 1.807) is 17.0 Å². The Kier molecular flexibility index (Phi) is 3.52. The first-order valence-electron chi connectivity index (χ1n) is 6.93. The smallest absolute Gasteiger partial charge is 0.293 e. The minimum atomic E-state index is -0.0819. The second-order valence-corrected chi connectivity index (χ2v) is 4.86. The molecule has 1 aliphatic heterocycles. The molecule has 104 valence electrons. The number of hydrogen-bond acceptors (Lipinski definition) is 4. The SMILES string of the molecule is CCn1ccnc(Nc2cccc3c2CCNC3)c1=O. The largest absolute Gasteiger partial charge is 0.335 e. The van der Waals surface area contributed by atoms with E-state index in [1.807, 2.05) is 19.1 Å². The topological polar surface area (TPSA) is 59.0 Å². The van der Waals surface area contributed by atoms with Crippen molar-refractivity contribution in [3.8, 4) is 0 Å². The molecule has 0 saturated carbocycles.